The number of hydrogen-bond acceptors (Lipinski definition) is 8. The normalized spacial score (nSPS) is 9.87. The Morgan fingerprint density at radius 1 is 0.806 bits per heavy atom. The van der Waals surface area contributed by atoms with Gasteiger partial charge in [-0.25, -0.2) is 19.6 Å². The number of ether oxygens (including phenoxy) is 4. The molecule has 2 aromatic rings. The Balaban J connectivity index is 0.000000311. The van der Waals surface area contributed by atoms with Gasteiger partial charge in [0.1, 0.15) is 11.1 Å². The quantitative estimate of drug-likeness (QED) is 0.369. The Labute approximate surface area is 191 Å². The molecule has 0 spiro atoms. The van der Waals surface area contributed by atoms with Gasteiger partial charge in [-0.05, 0) is 57.9 Å². The highest BCUT2D eigenvalue weighted by molar-refractivity contribution is 9.08. The van der Waals surface area contributed by atoms with E-state index in [1.165, 1.54) is 0 Å². The molecule has 0 radical (unpaired) electrons. The van der Waals surface area contributed by atoms with E-state index in [-0.39, 0.29) is 0 Å². The van der Waals surface area contributed by atoms with E-state index >= 15 is 0 Å². The van der Waals surface area contributed by atoms with Crippen molar-refractivity contribution in [2.45, 2.75) is 39.9 Å². The van der Waals surface area contributed by atoms with Gasteiger partial charge in [0.25, 0.3) is 0 Å². The molecule has 0 amide bonds. The summed E-state index contributed by atoms with van der Waals surface area (Å²) in [6, 6.07) is 3.45. The number of carbonyl (C=O) groups is 2. The Bertz CT molecular complexity index is 860. The molecular formula is C22H29BrN2O6. The molecule has 31 heavy (non-hydrogen) atoms. The largest absolute Gasteiger partial charge is 0.477 e. The predicted octanol–water partition coefficient (Wildman–Crippen LogP) is 4.52. The minimum absolute atomic E-state index is 0.325. The van der Waals surface area contributed by atoms with Crippen LogP contribution in [0.4, 0.5) is 0 Å². The van der Waals surface area contributed by atoms with Crippen molar-refractivity contribution < 1.29 is 28.5 Å². The van der Waals surface area contributed by atoms with Crippen molar-refractivity contribution in [3.63, 3.8) is 0 Å². The van der Waals surface area contributed by atoms with Crippen LogP contribution in [0, 0.1) is 6.92 Å². The number of nitrogens with zero attached hydrogens (tertiary/aromatic N) is 2. The van der Waals surface area contributed by atoms with E-state index in [1.807, 2.05) is 20.8 Å². The molecular weight excluding hydrogens is 468 g/mol. The van der Waals surface area contributed by atoms with Crippen molar-refractivity contribution in [3.8, 4) is 11.8 Å². The van der Waals surface area contributed by atoms with E-state index in [0.29, 0.717) is 54.6 Å². The molecule has 0 atom stereocenters. The summed E-state index contributed by atoms with van der Waals surface area (Å²) in [5.41, 5.74) is 2.58. The lowest BCUT2D eigenvalue weighted by molar-refractivity contribution is 0.0510. The van der Waals surface area contributed by atoms with Gasteiger partial charge in [-0.1, -0.05) is 15.9 Å². The fourth-order valence-electron chi connectivity index (χ4n) is 2.34. The molecule has 2 heterocycles. The number of pyridine rings is 2. The molecule has 0 bridgehead atoms. The number of hydrogen-bond donors (Lipinski definition) is 0. The molecule has 170 valence electrons. The minimum atomic E-state index is -0.402. The van der Waals surface area contributed by atoms with Crippen molar-refractivity contribution >= 4 is 27.9 Å². The summed E-state index contributed by atoms with van der Waals surface area (Å²) in [6.45, 7) is 10.7. The monoisotopic (exact) mass is 496 g/mol. The fraction of sp³-hybridized carbons (Fsp3) is 0.455. The molecule has 0 aliphatic heterocycles. The van der Waals surface area contributed by atoms with Gasteiger partial charge in [0.05, 0.1) is 26.4 Å². The van der Waals surface area contributed by atoms with Crippen molar-refractivity contribution in [2.75, 3.05) is 26.4 Å². The van der Waals surface area contributed by atoms with Gasteiger partial charge in [0.15, 0.2) is 0 Å². The van der Waals surface area contributed by atoms with Gasteiger partial charge in [-0.3, -0.25) is 0 Å². The first-order valence-electron chi connectivity index (χ1n) is 10.0. The third-order valence-corrected chi connectivity index (χ3v) is 4.25. The van der Waals surface area contributed by atoms with Crippen LogP contribution >= 0.6 is 15.9 Å². The zero-order valence-corrected chi connectivity index (χ0v) is 20.2. The Morgan fingerprint density at radius 2 is 1.29 bits per heavy atom. The third-order valence-electron chi connectivity index (χ3n) is 3.60. The fourth-order valence-corrected chi connectivity index (χ4v) is 2.65. The van der Waals surface area contributed by atoms with Gasteiger partial charge in [0.2, 0.25) is 11.8 Å². The molecule has 0 N–H and O–H groups in total. The number of halogens is 1. The van der Waals surface area contributed by atoms with Crippen LogP contribution < -0.4 is 9.47 Å². The molecule has 0 aliphatic carbocycles. The van der Waals surface area contributed by atoms with E-state index in [2.05, 4.69) is 25.9 Å². The maximum Gasteiger partial charge on any atom is 0.343 e. The van der Waals surface area contributed by atoms with Gasteiger partial charge < -0.3 is 18.9 Å². The highest BCUT2D eigenvalue weighted by Crippen LogP contribution is 2.19. The average molecular weight is 497 g/mol. The molecule has 0 aromatic carbocycles. The van der Waals surface area contributed by atoms with Gasteiger partial charge in [0, 0.05) is 17.7 Å². The molecule has 0 fully saturated rings. The van der Waals surface area contributed by atoms with Crippen LogP contribution in [-0.4, -0.2) is 48.3 Å². The highest BCUT2D eigenvalue weighted by Gasteiger charge is 2.16. The Kier molecular flexibility index (Phi) is 12.2. The topological polar surface area (TPSA) is 96.8 Å². The van der Waals surface area contributed by atoms with Crippen molar-refractivity contribution in [2.24, 2.45) is 0 Å². The number of alkyl halides is 1. The van der Waals surface area contributed by atoms with Crippen molar-refractivity contribution in [3.05, 3.63) is 46.8 Å². The SMILES string of the molecule is CCOC(=O)c1cc(C)cnc1OCC.CCOC(=O)c1cc(CBr)cnc1OCC. The molecule has 2 rings (SSSR count). The van der Waals surface area contributed by atoms with Crippen LogP contribution in [0.2, 0.25) is 0 Å². The number of carbonyl (C=O) groups excluding carboxylic acids is 2. The zero-order valence-electron chi connectivity index (χ0n) is 18.6. The first-order chi connectivity index (χ1) is 14.9. The second-order valence-corrected chi connectivity index (χ2v) is 6.56. The first kappa shape index (κ1) is 26.4. The van der Waals surface area contributed by atoms with E-state index in [1.54, 1.807) is 38.4 Å². The summed E-state index contributed by atoms with van der Waals surface area (Å²) in [5, 5.41) is 0.638. The van der Waals surface area contributed by atoms with E-state index < -0.39 is 11.9 Å². The molecule has 2 aromatic heterocycles. The van der Waals surface area contributed by atoms with Crippen LogP contribution in [0.1, 0.15) is 59.5 Å². The number of aromatic nitrogens is 2. The van der Waals surface area contributed by atoms with Crippen LogP contribution in [0.5, 0.6) is 11.8 Å². The number of esters is 2. The summed E-state index contributed by atoms with van der Waals surface area (Å²) < 4.78 is 20.4. The van der Waals surface area contributed by atoms with Gasteiger partial charge in [-0.2, -0.15) is 0 Å². The summed E-state index contributed by atoms with van der Waals surface area (Å²) >= 11 is 3.31. The van der Waals surface area contributed by atoms with E-state index in [9.17, 15) is 9.59 Å². The molecule has 0 aliphatic rings. The second kappa shape index (κ2) is 14.3. The van der Waals surface area contributed by atoms with Crippen LogP contribution in [0.15, 0.2) is 24.5 Å². The van der Waals surface area contributed by atoms with Crippen LogP contribution in [0.3, 0.4) is 0 Å². The van der Waals surface area contributed by atoms with Crippen molar-refractivity contribution in [1.82, 2.24) is 9.97 Å². The number of rotatable bonds is 9. The third kappa shape index (κ3) is 8.53. The lowest BCUT2D eigenvalue weighted by Crippen LogP contribution is -2.09. The van der Waals surface area contributed by atoms with Crippen LogP contribution in [0.25, 0.3) is 0 Å². The molecule has 0 saturated heterocycles. The zero-order chi connectivity index (χ0) is 23.2. The van der Waals surface area contributed by atoms with E-state index in [4.69, 9.17) is 18.9 Å². The summed E-state index contributed by atoms with van der Waals surface area (Å²) in [5.74, 6) is -0.134. The first-order valence-corrected chi connectivity index (χ1v) is 11.1. The summed E-state index contributed by atoms with van der Waals surface area (Å²) in [4.78, 5) is 31.3. The highest BCUT2D eigenvalue weighted by atomic mass is 79.9. The smallest absolute Gasteiger partial charge is 0.343 e. The minimum Gasteiger partial charge on any atom is -0.477 e. The standard InChI is InChI=1S/C11H14BrNO3.C11H15NO3/c1-3-15-10-9(11(14)16-4-2)5-8(6-12)7-13-10;1-4-14-10-9(11(13)15-5-2)6-8(3)7-12-10/h5,7H,3-4,6H2,1-2H3;6-7H,4-5H2,1-3H3. The molecule has 8 nitrogen and oxygen atoms in total. The maximum atomic E-state index is 11.7. The van der Waals surface area contributed by atoms with Gasteiger partial charge in [-0.15, -0.1) is 0 Å². The van der Waals surface area contributed by atoms with Crippen LogP contribution in [-0.2, 0) is 14.8 Å². The Hall–Kier alpha value is -2.68. The van der Waals surface area contributed by atoms with E-state index in [0.717, 1.165) is 11.1 Å². The molecule has 0 unspecified atom stereocenters. The Morgan fingerprint density at radius 3 is 1.74 bits per heavy atom. The second-order valence-electron chi connectivity index (χ2n) is 6.00. The predicted molar refractivity (Wildman–Crippen MR) is 120 cm³/mol. The van der Waals surface area contributed by atoms with Gasteiger partial charge >= 0.3 is 11.9 Å². The summed E-state index contributed by atoms with van der Waals surface area (Å²) in [7, 11) is 0. The lowest BCUT2D eigenvalue weighted by Gasteiger charge is -2.09. The molecule has 0 saturated carbocycles. The number of aryl methyl sites for hydroxylation is 1. The van der Waals surface area contributed by atoms with Crippen molar-refractivity contribution in [1.29, 1.82) is 0 Å². The maximum absolute atomic E-state index is 11.7. The lowest BCUT2D eigenvalue weighted by atomic mass is 10.2. The summed E-state index contributed by atoms with van der Waals surface area (Å²) in [6.07, 6.45) is 3.33. The average Bonchev–Trinajstić information content (AvgIpc) is 2.76. The molecule has 9 heteroatoms.